The zero-order valence-corrected chi connectivity index (χ0v) is 14.9. The van der Waals surface area contributed by atoms with Crippen LogP contribution < -0.4 is 4.74 Å². The van der Waals surface area contributed by atoms with Gasteiger partial charge in [-0.05, 0) is 45.0 Å². The Morgan fingerprint density at radius 3 is 2.00 bits per heavy atom. The van der Waals surface area contributed by atoms with Crippen LogP contribution in [0.5, 0.6) is 5.75 Å². The quantitative estimate of drug-likeness (QED) is 0.396. The lowest BCUT2D eigenvalue weighted by molar-refractivity contribution is -0.168. The molecular formula is C15H17F4O6S-. The van der Waals surface area contributed by atoms with E-state index in [1.54, 1.807) is 20.8 Å². The third-order valence-corrected chi connectivity index (χ3v) is 3.83. The van der Waals surface area contributed by atoms with Crippen molar-refractivity contribution < 1.29 is 44.8 Å². The van der Waals surface area contributed by atoms with Gasteiger partial charge in [-0.25, -0.2) is 13.2 Å². The van der Waals surface area contributed by atoms with Crippen LogP contribution in [-0.2, 0) is 14.9 Å². The second-order valence-corrected chi connectivity index (χ2v) is 7.72. The highest BCUT2D eigenvalue weighted by atomic mass is 32.2. The maximum atomic E-state index is 13.2. The molecule has 0 bridgehead atoms. The first-order valence-corrected chi connectivity index (χ1v) is 8.65. The summed E-state index contributed by atoms with van der Waals surface area (Å²) in [7, 11) is -6.57. The van der Waals surface area contributed by atoms with Crippen LogP contribution >= 0.6 is 0 Å². The Hall–Kier alpha value is -1.88. The third kappa shape index (κ3) is 5.56. The Balaban J connectivity index is 2.67. The number of ether oxygens (including phenoxy) is 2. The number of hydrogen-bond acceptors (Lipinski definition) is 6. The van der Waals surface area contributed by atoms with Gasteiger partial charge >= 0.3 is 17.1 Å². The molecule has 0 atom stereocenters. The van der Waals surface area contributed by atoms with Crippen molar-refractivity contribution in [1.29, 1.82) is 0 Å². The van der Waals surface area contributed by atoms with Gasteiger partial charge in [-0.3, -0.25) is 0 Å². The maximum absolute atomic E-state index is 13.2. The van der Waals surface area contributed by atoms with Crippen molar-refractivity contribution in [1.82, 2.24) is 0 Å². The summed E-state index contributed by atoms with van der Waals surface area (Å²) in [6, 6.07) is 5.40. The lowest BCUT2D eigenvalue weighted by atomic mass is 10.1. The molecule has 0 unspecified atom stereocenters. The molecule has 0 N–H and O–H groups in total. The molecule has 0 saturated carbocycles. The van der Waals surface area contributed by atoms with E-state index in [0.717, 1.165) is 0 Å². The first-order valence-electron chi connectivity index (χ1n) is 7.24. The molecule has 0 saturated heterocycles. The number of alkyl halides is 4. The highest BCUT2D eigenvalue weighted by molar-refractivity contribution is 7.86. The van der Waals surface area contributed by atoms with Gasteiger partial charge in [0.2, 0.25) is 0 Å². The van der Waals surface area contributed by atoms with E-state index >= 15 is 0 Å². The van der Waals surface area contributed by atoms with Crippen molar-refractivity contribution in [2.75, 3.05) is 6.61 Å². The zero-order valence-electron chi connectivity index (χ0n) is 14.1. The van der Waals surface area contributed by atoms with Crippen LogP contribution in [0.2, 0.25) is 0 Å². The summed E-state index contributed by atoms with van der Waals surface area (Å²) in [5.74, 6) is -5.84. The van der Waals surface area contributed by atoms with Crippen molar-refractivity contribution in [2.45, 2.75) is 44.0 Å². The van der Waals surface area contributed by atoms with Crippen molar-refractivity contribution in [3.63, 3.8) is 0 Å². The SMILES string of the molecule is CC(C)(C)Oc1ccc(C(=O)OCCC(F)(F)C(F)(F)S(=O)(=O)[O-])cc1. The molecule has 1 aromatic rings. The Morgan fingerprint density at radius 1 is 1.08 bits per heavy atom. The predicted molar refractivity (Wildman–Crippen MR) is 81.3 cm³/mol. The lowest BCUT2D eigenvalue weighted by Crippen LogP contribution is -2.47. The molecule has 0 aromatic heterocycles. The van der Waals surface area contributed by atoms with Crippen LogP contribution in [0.1, 0.15) is 37.6 Å². The Morgan fingerprint density at radius 2 is 1.58 bits per heavy atom. The minimum absolute atomic E-state index is 0.0576. The van der Waals surface area contributed by atoms with Crippen LogP contribution in [0.4, 0.5) is 17.6 Å². The molecule has 0 heterocycles. The molecule has 148 valence electrons. The normalized spacial score (nSPS) is 13.4. The summed E-state index contributed by atoms with van der Waals surface area (Å²) in [4.78, 5) is 11.7. The molecular weight excluding hydrogens is 384 g/mol. The second kappa shape index (κ2) is 7.39. The number of halogens is 4. The monoisotopic (exact) mass is 401 g/mol. The third-order valence-electron chi connectivity index (χ3n) is 2.90. The fourth-order valence-electron chi connectivity index (χ4n) is 1.70. The van der Waals surface area contributed by atoms with E-state index in [4.69, 9.17) is 4.74 Å². The van der Waals surface area contributed by atoms with Gasteiger partial charge in [0.1, 0.15) is 11.4 Å². The van der Waals surface area contributed by atoms with Crippen LogP contribution in [0.25, 0.3) is 0 Å². The van der Waals surface area contributed by atoms with E-state index in [1.165, 1.54) is 24.3 Å². The first kappa shape index (κ1) is 22.2. The van der Waals surface area contributed by atoms with Gasteiger partial charge in [0, 0.05) is 0 Å². The zero-order chi connectivity index (χ0) is 20.4. The first-order chi connectivity index (χ1) is 11.6. The van der Waals surface area contributed by atoms with Gasteiger partial charge in [-0.1, -0.05) is 0 Å². The van der Waals surface area contributed by atoms with Crippen LogP contribution in [0, 0.1) is 0 Å². The van der Waals surface area contributed by atoms with Crippen LogP contribution in [0.15, 0.2) is 24.3 Å². The lowest BCUT2D eigenvalue weighted by Gasteiger charge is -2.28. The van der Waals surface area contributed by atoms with Gasteiger partial charge in [-0.15, -0.1) is 0 Å². The van der Waals surface area contributed by atoms with Gasteiger partial charge in [0.15, 0.2) is 10.1 Å². The second-order valence-electron chi connectivity index (χ2n) is 6.30. The largest absolute Gasteiger partial charge is 0.743 e. The minimum atomic E-state index is -6.57. The molecule has 0 amide bonds. The summed E-state index contributed by atoms with van der Waals surface area (Å²) < 4.78 is 93.0. The Bertz CT molecular complexity index is 738. The summed E-state index contributed by atoms with van der Waals surface area (Å²) in [5, 5.41) is -5.81. The maximum Gasteiger partial charge on any atom is 0.396 e. The average molecular weight is 401 g/mol. The molecule has 11 heteroatoms. The van der Waals surface area contributed by atoms with Crippen LogP contribution in [-0.4, -0.2) is 42.3 Å². The van der Waals surface area contributed by atoms with E-state index in [1.807, 2.05) is 0 Å². The predicted octanol–water partition coefficient (Wildman–Crippen LogP) is 3.18. The van der Waals surface area contributed by atoms with Crippen molar-refractivity contribution >= 4 is 16.1 Å². The Labute approximate surface area is 147 Å². The number of carbonyl (C=O) groups excluding carboxylic acids is 1. The van der Waals surface area contributed by atoms with E-state index in [0.29, 0.717) is 5.75 Å². The molecule has 0 fully saturated rings. The van der Waals surface area contributed by atoms with Crippen molar-refractivity contribution in [3.8, 4) is 5.75 Å². The highest BCUT2D eigenvalue weighted by Gasteiger charge is 2.61. The minimum Gasteiger partial charge on any atom is -0.743 e. The van der Waals surface area contributed by atoms with E-state index in [9.17, 15) is 35.3 Å². The highest BCUT2D eigenvalue weighted by Crippen LogP contribution is 2.40. The summed E-state index contributed by atoms with van der Waals surface area (Å²) in [6.07, 6.45) is -1.83. The molecule has 0 aliphatic heterocycles. The molecule has 0 aliphatic rings. The number of benzene rings is 1. The van der Waals surface area contributed by atoms with Crippen LogP contribution in [0.3, 0.4) is 0 Å². The molecule has 26 heavy (non-hydrogen) atoms. The number of rotatable bonds is 7. The topological polar surface area (TPSA) is 92.7 Å². The number of hydrogen-bond donors (Lipinski definition) is 0. The van der Waals surface area contributed by atoms with Crippen molar-refractivity contribution in [3.05, 3.63) is 29.8 Å². The van der Waals surface area contributed by atoms with Gasteiger partial charge in [0.25, 0.3) is 0 Å². The van der Waals surface area contributed by atoms with Gasteiger partial charge in [-0.2, -0.15) is 17.6 Å². The molecule has 1 aromatic carbocycles. The number of esters is 1. The fraction of sp³-hybridized carbons (Fsp3) is 0.533. The Kier molecular flexibility index (Phi) is 6.30. The summed E-state index contributed by atoms with van der Waals surface area (Å²) in [5.41, 5.74) is -0.543. The molecule has 1 rings (SSSR count). The smallest absolute Gasteiger partial charge is 0.396 e. The summed E-state index contributed by atoms with van der Waals surface area (Å²) >= 11 is 0. The van der Waals surface area contributed by atoms with Crippen molar-refractivity contribution in [2.24, 2.45) is 0 Å². The number of carbonyl (C=O) groups is 1. The average Bonchev–Trinajstić information content (AvgIpc) is 2.44. The van der Waals surface area contributed by atoms with E-state index < -0.39 is 45.9 Å². The molecule has 0 radical (unpaired) electrons. The fourth-order valence-corrected chi connectivity index (χ4v) is 2.16. The molecule has 0 aliphatic carbocycles. The van der Waals surface area contributed by atoms with Gasteiger partial charge < -0.3 is 14.0 Å². The molecule has 6 nitrogen and oxygen atoms in total. The van der Waals surface area contributed by atoms with E-state index in [2.05, 4.69) is 4.74 Å². The molecule has 0 spiro atoms. The standard InChI is InChI=1S/C15H18F4O6S/c1-13(2,3)25-11-6-4-10(5-7-11)12(20)24-9-8-14(16,17)15(18,19)26(21,22)23/h4-7H,8-9H2,1-3H3,(H,21,22,23)/p-1. The summed E-state index contributed by atoms with van der Waals surface area (Å²) in [6.45, 7) is 4.19. The van der Waals surface area contributed by atoms with Gasteiger partial charge in [0.05, 0.1) is 18.6 Å². The van der Waals surface area contributed by atoms with E-state index in [-0.39, 0.29) is 5.56 Å².